The van der Waals surface area contributed by atoms with Gasteiger partial charge in [0.05, 0.1) is 5.75 Å². The van der Waals surface area contributed by atoms with Gasteiger partial charge in [0.25, 0.3) is 0 Å². The van der Waals surface area contributed by atoms with Gasteiger partial charge >= 0.3 is 0 Å². The third kappa shape index (κ3) is 4.01. The van der Waals surface area contributed by atoms with Crippen molar-refractivity contribution >= 4 is 10.0 Å². The van der Waals surface area contributed by atoms with Gasteiger partial charge in [-0.2, -0.15) is 0 Å². The van der Waals surface area contributed by atoms with Crippen LogP contribution >= 0.6 is 0 Å². The maximum atomic E-state index is 12.2. The molecule has 1 saturated heterocycles. The zero-order valence-corrected chi connectivity index (χ0v) is 12.0. The number of nitrogens with zero attached hydrogens (tertiary/aromatic N) is 1. The lowest BCUT2D eigenvalue weighted by Crippen LogP contribution is -2.37. The van der Waals surface area contributed by atoms with Crippen molar-refractivity contribution in [1.82, 2.24) is 9.62 Å². The predicted molar refractivity (Wildman–Crippen MR) is 76.0 cm³/mol. The summed E-state index contributed by atoms with van der Waals surface area (Å²) in [6.07, 6.45) is 0.869. The number of rotatable bonds is 5. The van der Waals surface area contributed by atoms with Gasteiger partial charge in [-0.15, -0.1) is 0 Å². The molecule has 0 spiro atoms. The topological polar surface area (TPSA) is 75.4 Å². The molecule has 0 radical (unpaired) electrons. The van der Waals surface area contributed by atoms with Crippen LogP contribution in [0.25, 0.3) is 0 Å². The largest absolute Gasteiger partial charge is 0.326 e. The predicted octanol–water partition coefficient (Wildman–Crippen LogP) is 0.269. The lowest BCUT2D eigenvalue weighted by molar-refractivity contribution is 0.407. The quantitative estimate of drug-likeness (QED) is 0.813. The molecule has 1 aromatic rings. The molecule has 3 N–H and O–H groups in total. The molecule has 1 aliphatic heterocycles. The Hall–Kier alpha value is -0.950. The van der Waals surface area contributed by atoms with Crippen LogP contribution in [-0.4, -0.2) is 39.5 Å². The summed E-state index contributed by atoms with van der Waals surface area (Å²) in [6.45, 7) is 2.07. The number of benzene rings is 1. The van der Waals surface area contributed by atoms with Crippen LogP contribution in [0.2, 0.25) is 0 Å². The molecule has 1 atom stereocenters. The maximum absolute atomic E-state index is 12.2. The van der Waals surface area contributed by atoms with Gasteiger partial charge in [0.15, 0.2) is 0 Å². The minimum atomic E-state index is -3.31. The zero-order valence-electron chi connectivity index (χ0n) is 11.2. The Morgan fingerprint density at radius 2 is 2.05 bits per heavy atom. The van der Waals surface area contributed by atoms with E-state index in [4.69, 9.17) is 5.73 Å². The molecule has 5 nitrogen and oxygen atoms in total. The second-order valence-corrected chi connectivity index (χ2v) is 6.85. The first-order valence-corrected chi connectivity index (χ1v) is 8.11. The van der Waals surface area contributed by atoms with Crippen molar-refractivity contribution in [2.75, 3.05) is 20.1 Å². The van der Waals surface area contributed by atoms with Gasteiger partial charge in [0.1, 0.15) is 0 Å². The molecule has 2 rings (SSSR count). The van der Waals surface area contributed by atoms with Gasteiger partial charge in [-0.05, 0) is 31.1 Å². The SMILES string of the molecule is CN1CCC(NS(=O)(=O)Cc2ccccc2CN)C1. The fourth-order valence-electron chi connectivity index (χ4n) is 2.43. The Morgan fingerprint density at radius 1 is 1.37 bits per heavy atom. The third-order valence-electron chi connectivity index (χ3n) is 3.42. The minimum Gasteiger partial charge on any atom is -0.326 e. The molecule has 0 bridgehead atoms. The van der Waals surface area contributed by atoms with Crippen LogP contribution in [0, 0.1) is 0 Å². The summed E-state index contributed by atoms with van der Waals surface area (Å²) in [5, 5.41) is 0. The number of likely N-dealkylation sites (tertiary alicyclic amines) is 1. The van der Waals surface area contributed by atoms with Crippen molar-refractivity contribution in [1.29, 1.82) is 0 Å². The normalized spacial score (nSPS) is 20.8. The van der Waals surface area contributed by atoms with Gasteiger partial charge in [0, 0.05) is 19.1 Å². The molecule has 1 fully saturated rings. The van der Waals surface area contributed by atoms with Crippen molar-refractivity contribution in [3.8, 4) is 0 Å². The van der Waals surface area contributed by atoms with Crippen LogP contribution in [-0.2, 0) is 22.3 Å². The second-order valence-electron chi connectivity index (χ2n) is 5.10. The Bertz CT molecular complexity index is 530. The molecule has 0 aromatic heterocycles. The van der Waals surface area contributed by atoms with Crippen LogP contribution < -0.4 is 10.5 Å². The molecule has 0 aliphatic carbocycles. The number of nitrogens with one attached hydrogen (secondary N) is 1. The third-order valence-corrected chi connectivity index (χ3v) is 4.80. The molecular formula is C13H21N3O2S. The standard InChI is InChI=1S/C13H21N3O2S/c1-16-7-6-13(9-16)15-19(17,18)10-12-5-3-2-4-11(12)8-14/h2-5,13,15H,6-10,14H2,1H3. The van der Waals surface area contributed by atoms with E-state index in [1.54, 1.807) is 0 Å². The molecule has 1 aromatic carbocycles. The van der Waals surface area contributed by atoms with Crippen molar-refractivity contribution in [3.05, 3.63) is 35.4 Å². The lowest BCUT2D eigenvalue weighted by atomic mass is 10.1. The van der Waals surface area contributed by atoms with Gasteiger partial charge < -0.3 is 10.6 Å². The highest BCUT2D eigenvalue weighted by Gasteiger charge is 2.24. The number of sulfonamides is 1. The molecule has 0 saturated carbocycles. The summed E-state index contributed by atoms with van der Waals surface area (Å²) in [5.41, 5.74) is 7.30. The van der Waals surface area contributed by atoms with E-state index in [-0.39, 0.29) is 11.8 Å². The molecule has 6 heteroatoms. The van der Waals surface area contributed by atoms with Crippen molar-refractivity contribution in [2.24, 2.45) is 5.73 Å². The second kappa shape index (κ2) is 6.00. The van der Waals surface area contributed by atoms with Crippen LogP contribution in [0.15, 0.2) is 24.3 Å². The zero-order chi connectivity index (χ0) is 13.9. The Kier molecular flexibility index (Phi) is 4.57. The van der Waals surface area contributed by atoms with Crippen LogP contribution in [0.1, 0.15) is 17.5 Å². The van der Waals surface area contributed by atoms with E-state index in [1.807, 2.05) is 31.3 Å². The van der Waals surface area contributed by atoms with E-state index in [9.17, 15) is 8.42 Å². The molecule has 106 valence electrons. The summed E-state index contributed by atoms with van der Waals surface area (Å²) < 4.78 is 27.1. The first kappa shape index (κ1) is 14.5. The van der Waals surface area contributed by atoms with E-state index >= 15 is 0 Å². The van der Waals surface area contributed by atoms with Crippen molar-refractivity contribution in [2.45, 2.75) is 24.8 Å². The number of likely N-dealkylation sites (N-methyl/N-ethyl adjacent to an activating group) is 1. The van der Waals surface area contributed by atoms with Crippen LogP contribution in [0.5, 0.6) is 0 Å². The Balaban J connectivity index is 2.04. The number of nitrogens with two attached hydrogens (primary N) is 1. The molecule has 0 amide bonds. The summed E-state index contributed by atoms with van der Waals surface area (Å²) in [4.78, 5) is 2.13. The molecule has 1 aliphatic rings. The smallest absolute Gasteiger partial charge is 0.216 e. The molecule has 1 unspecified atom stereocenters. The fourth-order valence-corrected chi connectivity index (χ4v) is 3.90. The first-order chi connectivity index (χ1) is 9.00. The average Bonchev–Trinajstić information content (AvgIpc) is 2.74. The van der Waals surface area contributed by atoms with E-state index < -0.39 is 10.0 Å². The van der Waals surface area contributed by atoms with E-state index in [1.165, 1.54) is 0 Å². The summed E-state index contributed by atoms with van der Waals surface area (Å²) in [7, 11) is -1.31. The van der Waals surface area contributed by atoms with Crippen molar-refractivity contribution in [3.63, 3.8) is 0 Å². The van der Waals surface area contributed by atoms with E-state index in [0.717, 1.165) is 30.6 Å². The Labute approximate surface area is 114 Å². The molecular weight excluding hydrogens is 262 g/mol. The minimum absolute atomic E-state index is 0.000583. The maximum Gasteiger partial charge on any atom is 0.216 e. The first-order valence-electron chi connectivity index (χ1n) is 6.45. The number of hydrogen-bond donors (Lipinski definition) is 2. The van der Waals surface area contributed by atoms with Gasteiger partial charge in [-0.25, -0.2) is 13.1 Å². The monoisotopic (exact) mass is 283 g/mol. The van der Waals surface area contributed by atoms with Gasteiger partial charge in [-0.1, -0.05) is 24.3 Å². The summed E-state index contributed by atoms with van der Waals surface area (Å²) in [5.74, 6) is 0.000583. The van der Waals surface area contributed by atoms with Crippen LogP contribution in [0.3, 0.4) is 0 Å². The number of hydrogen-bond acceptors (Lipinski definition) is 4. The van der Waals surface area contributed by atoms with Gasteiger partial charge in [0.2, 0.25) is 10.0 Å². The van der Waals surface area contributed by atoms with Gasteiger partial charge in [-0.3, -0.25) is 0 Å². The Morgan fingerprint density at radius 3 is 2.63 bits per heavy atom. The molecule has 1 heterocycles. The average molecular weight is 283 g/mol. The summed E-state index contributed by atoms with van der Waals surface area (Å²) >= 11 is 0. The van der Waals surface area contributed by atoms with E-state index in [0.29, 0.717) is 6.54 Å². The van der Waals surface area contributed by atoms with E-state index in [2.05, 4.69) is 9.62 Å². The highest BCUT2D eigenvalue weighted by Crippen LogP contribution is 2.13. The highest BCUT2D eigenvalue weighted by molar-refractivity contribution is 7.88. The highest BCUT2D eigenvalue weighted by atomic mass is 32.2. The van der Waals surface area contributed by atoms with Crippen LogP contribution in [0.4, 0.5) is 0 Å². The lowest BCUT2D eigenvalue weighted by Gasteiger charge is -2.14. The van der Waals surface area contributed by atoms with Crippen molar-refractivity contribution < 1.29 is 8.42 Å². The fraction of sp³-hybridized carbons (Fsp3) is 0.538. The summed E-state index contributed by atoms with van der Waals surface area (Å²) in [6, 6.07) is 7.43. The molecule has 19 heavy (non-hydrogen) atoms.